The molecule has 1 amide bonds. The van der Waals surface area contributed by atoms with Crippen LogP contribution in [0, 0.1) is 5.41 Å². The maximum atomic E-state index is 10.7. The van der Waals surface area contributed by atoms with E-state index in [1.165, 1.54) is 0 Å². The smallest absolute Gasteiger partial charge is 0.221 e. The summed E-state index contributed by atoms with van der Waals surface area (Å²) >= 11 is 0. The number of primary amides is 1. The van der Waals surface area contributed by atoms with Crippen LogP contribution in [0.3, 0.4) is 0 Å². The zero-order chi connectivity index (χ0) is 12.2. The van der Waals surface area contributed by atoms with Gasteiger partial charge in [-0.05, 0) is 29.9 Å². The first kappa shape index (κ1) is 12.7. The standard InChI is InChI=1S/C13H20N2O/c1-13(2,3)7-6-11-5-4-10(9-15-11)8-12(14)16/h4-5,9H,6-8H2,1-3H3,(H2,14,16). The van der Waals surface area contributed by atoms with Crippen molar-refractivity contribution < 1.29 is 4.79 Å². The van der Waals surface area contributed by atoms with Crippen molar-refractivity contribution in [3.05, 3.63) is 29.6 Å². The summed E-state index contributed by atoms with van der Waals surface area (Å²) in [4.78, 5) is 15.0. The van der Waals surface area contributed by atoms with Crippen molar-refractivity contribution >= 4 is 5.91 Å². The summed E-state index contributed by atoms with van der Waals surface area (Å²) in [5, 5.41) is 0. The second kappa shape index (κ2) is 5.10. The molecular formula is C13H20N2O. The number of nitrogens with zero attached hydrogens (tertiary/aromatic N) is 1. The number of hydrogen-bond donors (Lipinski definition) is 1. The fourth-order valence-electron chi connectivity index (χ4n) is 1.41. The first-order valence-corrected chi connectivity index (χ1v) is 5.59. The summed E-state index contributed by atoms with van der Waals surface area (Å²) in [5.41, 5.74) is 7.39. The molecule has 1 rings (SSSR count). The zero-order valence-electron chi connectivity index (χ0n) is 10.3. The number of carbonyl (C=O) groups excluding carboxylic acids is 1. The quantitative estimate of drug-likeness (QED) is 0.844. The van der Waals surface area contributed by atoms with Crippen LogP contribution < -0.4 is 5.73 Å². The first-order valence-electron chi connectivity index (χ1n) is 5.59. The molecule has 1 aromatic heterocycles. The Morgan fingerprint density at radius 2 is 2.06 bits per heavy atom. The van der Waals surface area contributed by atoms with E-state index in [1.54, 1.807) is 6.20 Å². The van der Waals surface area contributed by atoms with Gasteiger partial charge >= 0.3 is 0 Å². The molecule has 0 atom stereocenters. The van der Waals surface area contributed by atoms with E-state index in [-0.39, 0.29) is 12.3 Å². The third-order valence-electron chi connectivity index (χ3n) is 2.40. The van der Waals surface area contributed by atoms with E-state index in [0.29, 0.717) is 5.41 Å². The Hall–Kier alpha value is -1.38. The van der Waals surface area contributed by atoms with Gasteiger partial charge in [-0.25, -0.2) is 0 Å². The van der Waals surface area contributed by atoms with Gasteiger partial charge in [0.15, 0.2) is 0 Å². The Balaban J connectivity index is 2.55. The van der Waals surface area contributed by atoms with Crippen LogP contribution in [0.5, 0.6) is 0 Å². The normalized spacial score (nSPS) is 11.4. The predicted octanol–water partition coefficient (Wildman–Crippen LogP) is 2.09. The Morgan fingerprint density at radius 1 is 1.38 bits per heavy atom. The summed E-state index contributed by atoms with van der Waals surface area (Å²) in [6.07, 6.45) is 4.09. The van der Waals surface area contributed by atoms with Crippen LogP contribution in [-0.2, 0) is 17.6 Å². The van der Waals surface area contributed by atoms with E-state index < -0.39 is 0 Å². The largest absolute Gasteiger partial charge is 0.369 e. The summed E-state index contributed by atoms with van der Waals surface area (Å²) in [6, 6.07) is 3.90. The average Bonchev–Trinajstić information content (AvgIpc) is 2.14. The average molecular weight is 220 g/mol. The van der Waals surface area contributed by atoms with Crippen LogP contribution in [0.1, 0.15) is 38.4 Å². The van der Waals surface area contributed by atoms with Crippen molar-refractivity contribution in [3.63, 3.8) is 0 Å². The minimum absolute atomic E-state index is 0.270. The van der Waals surface area contributed by atoms with Crippen LogP contribution in [0.2, 0.25) is 0 Å². The highest BCUT2D eigenvalue weighted by molar-refractivity contribution is 5.76. The van der Waals surface area contributed by atoms with Gasteiger partial charge in [0.1, 0.15) is 0 Å². The number of aryl methyl sites for hydroxylation is 1. The van der Waals surface area contributed by atoms with Gasteiger partial charge in [0.2, 0.25) is 5.91 Å². The van der Waals surface area contributed by atoms with Crippen molar-refractivity contribution in [2.45, 2.75) is 40.0 Å². The molecule has 88 valence electrons. The van der Waals surface area contributed by atoms with E-state index in [0.717, 1.165) is 24.1 Å². The Bertz CT molecular complexity index is 349. The molecule has 0 aromatic carbocycles. The second-order valence-corrected chi connectivity index (χ2v) is 5.36. The number of amides is 1. The van der Waals surface area contributed by atoms with E-state index in [9.17, 15) is 4.79 Å². The molecule has 3 nitrogen and oxygen atoms in total. The molecule has 2 N–H and O–H groups in total. The van der Waals surface area contributed by atoms with Crippen LogP contribution >= 0.6 is 0 Å². The number of aromatic nitrogens is 1. The summed E-state index contributed by atoms with van der Waals surface area (Å²) in [6.45, 7) is 6.65. The molecule has 0 aliphatic carbocycles. The topological polar surface area (TPSA) is 56.0 Å². The molecule has 0 saturated carbocycles. The maximum absolute atomic E-state index is 10.7. The van der Waals surface area contributed by atoms with Gasteiger partial charge in [-0.2, -0.15) is 0 Å². The maximum Gasteiger partial charge on any atom is 0.221 e. The molecule has 0 radical (unpaired) electrons. The summed E-state index contributed by atoms with van der Waals surface area (Å²) in [7, 11) is 0. The minimum atomic E-state index is -0.316. The monoisotopic (exact) mass is 220 g/mol. The number of carbonyl (C=O) groups is 1. The SMILES string of the molecule is CC(C)(C)CCc1ccc(CC(N)=O)cn1. The molecule has 3 heteroatoms. The fourth-order valence-corrected chi connectivity index (χ4v) is 1.41. The lowest BCUT2D eigenvalue weighted by Gasteiger charge is -2.17. The van der Waals surface area contributed by atoms with Gasteiger partial charge < -0.3 is 5.73 Å². The van der Waals surface area contributed by atoms with Gasteiger partial charge in [0.25, 0.3) is 0 Å². The first-order chi connectivity index (χ1) is 7.37. The molecule has 0 aliphatic rings. The van der Waals surface area contributed by atoms with Crippen molar-refractivity contribution in [2.24, 2.45) is 11.1 Å². The third kappa shape index (κ3) is 4.91. The van der Waals surface area contributed by atoms with E-state index in [1.807, 2.05) is 12.1 Å². The molecule has 1 aromatic rings. The predicted molar refractivity (Wildman–Crippen MR) is 64.9 cm³/mol. The Labute approximate surface area is 97.1 Å². The van der Waals surface area contributed by atoms with Gasteiger partial charge in [-0.1, -0.05) is 26.8 Å². The molecule has 0 spiro atoms. The van der Waals surface area contributed by atoms with Gasteiger partial charge in [0, 0.05) is 11.9 Å². The van der Waals surface area contributed by atoms with Crippen molar-refractivity contribution in [2.75, 3.05) is 0 Å². The fraction of sp³-hybridized carbons (Fsp3) is 0.538. The number of hydrogen-bond acceptors (Lipinski definition) is 2. The van der Waals surface area contributed by atoms with Gasteiger partial charge in [-0.3, -0.25) is 9.78 Å². The third-order valence-corrected chi connectivity index (χ3v) is 2.40. The van der Waals surface area contributed by atoms with Crippen molar-refractivity contribution in [1.29, 1.82) is 0 Å². The highest BCUT2D eigenvalue weighted by Crippen LogP contribution is 2.20. The number of nitrogens with two attached hydrogens (primary N) is 1. The van der Waals surface area contributed by atoms with Crippen LogP contribution in [0.25, 0.3) is 0 Å². The highest BCUT2D eigenvalue weighted by Gasteiger charge is 2.10. The lowest BCUT2D eigenvalue weighted by molar-refractivity contribution is -0.117. The highest BCUT2D eigenvalue weighted by atomic mass is 16.1. The molecular weight excluding hydrogens is 200 g/mol. The minimum Gasteiger partial charge on any atom is -0.369 e. The van der Waals surface area contributed by atoms with E-state index in [2.05, 4.69) is 25.8 Å². The second-order valence-electron chi connectivity index (χ2n) is 5.36. The van der Waals surface area contributed by atoms with Gasteiger partial charge in [-0.15, -0.1) is 0 Å². The van der Waals surface area contributed by atoms with Crippen molar-refractivity contribution in [3.8, 4) is 0 Å². The molecule has 16 heavy (non-hydrogen) atoms. The molecule has 0 fully saturated rings. The summed E-state index contributed by atoms with van der Waals surface area (Å²) < 4.78 is 0. The molecule has 1 heterocycles. The van der Waals surface area contributed by atoms with Crippen LogP contribution in [0.15, 0.2) is 18.3 Å². The van der Waals surface area contributed by atoms with Crippen LogP contribution in [-0.4, -0.2) is 10.9 Å². The molecule has 0 unspecified atom stereocenters. The Kier molecular flexibility index (Phi) is 4.05. The lowest BCUT2D eigenvalue weighted by atomic mass is 9.90. The number of pyridine rings is 1. The number of rotatable bonds is 4. The summed E-state index contributed by atoms with van der Waals surface area (Å²) in [5.74, 6) is -0.316. The zero-order valence-corrected chi connectivity index (χ0v) is 10.3. The molecule has 0 bridgehead atoms. The van der Waals surface area contributed by atoms with E-state index >= 15 is 0 Å². The van der Waals surface area contributed by atoms with E-state index in [4.69, 9.17) is 5.73 Å². The molecule has 0 aliphatic heterocycles. The van der Waals surface area contributed by atoms with Gasteiger partial charge in [0.05, 0.1) is 6.42 Å². The molecule has 0 saturated heterocycles. The lowest BCUT2D eigenvalue weighted by Crippen LogP contribution is -2.14. The Morgan fingerprint density at radius 3 is 2.50 bits per heavy atom. The van der Waals surface area contributed by atoms with Crippen LogP contribution in [0.4, 0.5) is 0 Å². The van der Waals surface area contributed by atoms with Crippen molar-refractivity contribution in [1.82, 2.24) is 4.98 Å².